The summed E-state index contributed by atoms with van der Waals surface area (Å²) in [5, 5.41) is 23.3. The van der Waals surface area contributed by atoms with Crippen LogP contribution in [-0.2, 0) is 14.3 Å². The van der Waals surface area contributed by atoms with Gasteiger partial charge in [-0.15, -0.1) is 0 Å². The molecule has 0 aromatic rings. The predicted molar refractivity (Wildman–Crippen MR) is 278 cm³/mol. The largest absolute Gasteiger partial charge is 0.466 e. The van der Waals surface area contributed by atoms with E-state index in [1.54, 1.807) is 0 Å². The van der Waals surface area contributed by atoms with Crippen molar-refractivity contribution in [1.29, 1.82) is 0 Å². The quantitative estimate of drug-likeness (QED) is 0.0321. The Morgan fingerprint density at radius 3 is 1.19 bits per heavy atom. The zero-order valence-corrected chi connectivity index (χ0v) is 43.0. The van der Waals surface area contributed by atoms with E-state index in [0.29, 0.717) is 25.9 Å². The van der Waals surface area contributed by atoms with Gasteiger partial charge in [-0.25, -0.2) is 0 Å². The maximum Gasteiger partial charge on any atom is 0.305 e. The topological polar surface area (TPSA) is 95.9 Å². The average Bonchev–Trinajstić information content (AvgIpc) is 3.29. The van der Waals surface area contributed by atoms with Crippen LogP contribution in [-0.4, -0.2) is 47.4 Å². The molecular weight excluding hydrogens is 791 g/mol. The number of hydrogen-bond donors (Lipinski definition) is 3. The minimum atomic E-state index is -0.675. The molecule has 0 fully saturated rings. The van der Waals surface area contributed by atoms with E-state index >= 15 is 0 Å². The van der Waals surface area contributed by atoms with Gasteiger partial charge in [-0.05, 0) is 64.2 Å². The lowest BCUT2D eigenvalue weighted by Crippen LogP contribution is -2.45. The normalized spacial score (nSPS) is 12.8. The van der Waals surface area contributed by atoms with E-state index in [9.17, 15) is 19.8 Å². The molecule has 0 saturated heterocycles. The Hall–Kier alpha value is -1.66. The van der Waals surface area contributed by atoms with Crippen molar-refractivity contribution in [1.82, 2.24) is 5.32 Å². The number of esters is 1. The van der Waals surface area contributed by atoms with Gasteiger partial charge in [0.25, 0.3) is 0 Å². The monoisotopic (exact) mass is 902 g/mol. The van der Waals surface area contributed by atoms with Gasteiger partial charge >= 0.3 is 5.97 Å². The predicted octanol–water partition coefficient (Wildman–Crippen LogP) is 17.5. The molecule has 6 nitrogen and oxygen atoms in total. The summed E-state index contributed by atoms with van der Waals surface area (Å²) < 4.78 is 5.44. The van der Waals surface area contributed by atoms with Crippen LogP contribution in [0.15, 0.2) is 24.3 Å². The lowest BCUT2D eigenvalue weighted by molar-refractivity contribution is -0.143. The SMILES string of the molecule is CCCCCCCCCCCCCCCCCCCCC(O)C(CO)NC(=O)CCCCCCCCC/C=C\C/C=C\CCCCCOC(=O)CCCCCCCCCCCCCC. The van der Waals surface area contributed by atoms with E-state index in [1.807, 2.05) is 0 Å². The number of aliphatic hydroxyl groups excluding tert-OH is 2. The van der Waals surface area contributed by atoms with Gasteiger partial charge in [0.2, 0.25) is 5.91 Å². The summed E-state index contributed by atoms with van der Waals surface area (Å²) in [7, 11) is 0. The fourth-order valence-electron chi connectivity index (χ4n) is 8.85. The van der Waals surface area contributed by atoms with Crippen LogP contribution in [0.3, 0.4) is 0 Å². The number of unbranched alkanes of at least 4 members (excludes halogenated alkanes) is 38. The first-order chi connectivity index (χ1) is 31.5. The molecular formula is C58H111NO5. The lowest BCUT2D eigenvalue weighted by atomic mass is 10.0. The first kappa shape index (κ1) is 62.3. The number of rotatable bonds is 53. The smallest absolute Gasteiger partial charge is 0.305 e. The van der Waals surface area contributed by atoms with Crippen LogP contribution in [0.4, 0.5) is 0 Å². The molecule has 378 valence electrons. The Kier molecular flexibility index (Phi) is 52.6. The van der Waals surface area contributed by atoms with Gasteiger partial charge in [-0.2, -0.15) is 0 Å². The number of carbonyl (C=O) groups is 2. The van der Waals surface area contributed by atoms with E-state index in [-0.39, 0.29) is 18.5 Å². The van der Waals surface area contributed by atoms with Crippen molar-refractivity contribution in [3.05, 3.63) is 24.3 Å². The first-order valence-corrected chi connectivity index (χ1v) is 28.6. The number of aliphatic hydroxyl groups is 2. The van der Waals surface area contributed by atoms with Crippen LogP contribution in [0.25, 0.3) is 0 Å². The minimum Gasteiger partial charge on any atom is -0.466 e. The number of amides is 1. The molecule has 0 aliphatic rings. The maximum absolute atomic E-state index is 12.5. The van der Waals surface area contributed by atoms with Gasteiger partial charge in [0.05, 0.1) is 25.4 Å². The number of carbonyl (C=O) groups excluding carboxylic acids is 2. The fraction of sp³-hybridized carbons (Fsp3) is 0.897. The first-order valence-electron chi connectivity index (χ1n) is 28.6. The van der Waals surface area contributed by atoms with Crippen molar-refractivity contribution in [2.24, 2.45) is 0 Å². The summed E-state index contributed by atoms with van der Waals surface area (Å²) in [4.78, 5) is 24.5. The highest BCUT2D eigenvalue weighted by molar-refractivity contribution is 5.76. The van der Waals surface area contributed by atoms with Crippen molar-refractivity contribution in [2.45, 2.75) is 321 Å². The van der Waals surface area contributed by atoms with Crippen molar-refractivity contribution >= 4 is 11.9 Å². The van der Waals surface area contributed by atoms with Gasteiger partial charge in [0.15, 0.2) is 0 Å². The van der Waals surface area contributed by atoms with Gasteiger partial charge in [0, 0.05) is 12.8 Å². The van der Waals surface area contributed by atoms with Crippen molar-refractivity contribution < 1.29 is 24.5 Å². The summed E-state index contributed by atoms with van der Waals surface area (Å²) >= 11 is 0. The number of ether oxygens (including phenoxy) is 1. The summed E-state index contributed by atoms with van der Waals surface area (Å²) in [6.07, 6.45) is 64.5. The molecule has 0 saturated carbocycles. The van der Waals surface area contributed by atoms with E-state index in [0.717, 1.165) is 83.5 Å². The molecule has 64 heavy (non-hydrogen) atoms. The standard InChI is InChI=1S/C58H111NO5/c1-3-5-7-9-11-13-15-17-18-19-21-24-27-30-34-38-42-46-50-56(61)55(54-60)59-57(62)51-47-43-39-35-31-28-25-22-20-23-26-29-33-37-41-45-49-53-64-58(63)52-48-44-40-36-32-16-14-12-10-8-6-4-2/h20,23,29,33,55-56,60-61H,3-19,21-22,24-28,30-32,34-54H2,1-2H3,(H,59,62)/b23-20-,33-29-. The zero-order valence-electron chi connectivity index (χ0n) is 43.0. The van der Waals surface area contributed by atoms with Gasteiger partial charge in [-0.3, -0.25) is 9.59 Å². The van der Waals surface area contributed by atoms with Crippen molar-refractivity contribution in [3.63, 3.8) is 0 Å². The summed E-state index contributed by atoms with van der Waals surface area (Å²) in [6, 6.07) is -0.553. The molecule has 0 bridgehead atoms. The third-order valence-electron chi connectivity index (χ3n) is 13.3. The molecule has 0 heterocycles. The van der Waals surface area contributed by atoms with Crippen LogP contribution in [0.1, 0.15) is 309 Å². The van der Waals surface area contributed by atoms with Crippen LogP contribution < -0.4 is 5.32 Å². The second kappa shape index (κ2) is 54.0. The van der Waals surface area contributed by atoms with Crippen molar-refractivity contribution in [2.75, 3.05) is 13.2 Å². The lowest BCUT2D eigenvalue weighted by Gasteiger charge is -2.22. The minimum absolute atomic E-state index is 0.0145. The molecule has 0 aromatic heterocycles. The number of allylic oxidation sites excluding steroid dienone is 4. The highest BCUT2D eigenvalue weighted by atomic mass is 16.5. The highest BCUT2D eigenvalue weighted by Crippen LogP contribution is 2.17. The number of hydrogen-bond acceptors (Lipinski definition) is 5. The fourth-order valence-corrected chi connectivity index (χ4v) is 8.85. The van der Waals surface area contributed by atoms with Crippen molar-refractivity contribution in [3.8, 4) is 0 Å². The molecule has 0 spiro atoms. The molecule has 2 unspecified atom stereocenters. The van der Waals surface area contributed by atoms with Crippen LogP contribution in [0.2, 0.25) is 0 Å². The third kappa shape index (κ3) is 49.8. The number of nitrogens with one attached hydrogen (secondary N) is 1. The van der Waals surface area contributed by atoms with E-state index in [2.05, 4.69) is 43.5 Å². The summed E-state index contributed by atoms with van der Waals surface area (Å²) in [6.45, 7) is 4.92. The van der Waals surface area contributed by atoms with E-state index in [1.165, 1.54) is 193 Å². The molecule has 3 N–H and O–H groups in total. The Morgan fingerprint density at radius 1 is 0.438 bits per heavy atom. The Balaban J connectivity index is 3.50. The Labute approximate surface area is 399 Å². The van der Waals surface area contributed by atoms with E-state index in [4.69, 9.17) is 4.74 Å². The second-order valence-electron chi connectivity index (χ2n) is 19.6. The van der Waals surface area contributed by atoms with Crippen LogP contribution in [0, 0.1) is 0 Å². The van der Waals surface area contributed by atoms with E-state index < -0.39 is 12.1 Å². The van der Waals surface area contributed by atoms with Gasteiger partial charge in [0.1, 0.15) is 0 Å². The molecule has 0 aliphatic heterocycles. The van der Waals surface area contributed by atoms with Gasteiger partial charge in [-0.1, -0.05) is 256 Å². The molecule has 0 radical (unpaired) electrons. The van der Waals surface area contributed by atoms with Crippen LogP contribution >= 0.6 is 0 Å². The van der Waals surface area contributed by atoms with Crippen LogP contribution in [0.5, 0.6) is 0 Å². The molecule has 0 aliphatic carbocycles. The van der Waals surface area contributed by atoms with Gasteiger partial charge < -0.3 is 20.3 Å². The Bertz CT molecular complexity index is 997. The Morgan fingerprint density at radius 2 is 0.781 bits per heavy atom. The maximum atomic E-state index is 12.5. The molecule has 2 atom stereocenters. The zero-order chi connectivity index (χ0) is 46.5. The molecule has 6 heteroatoms. The molecule has 0 aromatic carbocycles. The summed E-state index contributed by atoms with van der Waals surface area (Å²) in [5.74, 6) is -0.0634. The second-order valence-corrected chi connectivity index (χ2v) is 19.6. The molecule has 1 amide bonds. The molecule has 0 rings (SSSR count). The summed E-state index contributed by atoms with van der Waals surface area (Å²) in [5.41, 5.74) is 0. The highest BCUT2D eigenvalue weighted by Gasteiger charge is 2.20. The third-order valence-corrected chi connectivity index (χ3v) is 13.3. The average molecular weight is 903 g/mol.